The molecule has 0 saturated carbocycles. The van der Waals surface area contributed by atoms with Crippen LogP contribution in [0.3, 0.4) is 0 Å². The quantitative estimate of drug-likeness (QED) is 0.807. The summed E-state index contributed by atoms with van der Waals surface area (Å²) < 4.78 is 12.8. The molecule has 0 spiro atoms. The Morgan fingerprint density at radius 3 is 2.80 bits per heavy atom. The first-order valence-corrected chi connectivity index (χ1v) is 4.92. The van der Waals surface area contributed by atoms with Crippen molar-refractivity contribution in [3.05, 3.63) is 34.6 Å². The van der Waals surface area contributed by atoms with Gasteiger partial charge in [-0.25, -0.2) is 4.39 Å². The summed E-state index contributed by atoms with van der Waals surface area (Å²) in [5, 5.41) is 9.78. The van der Waals surface area contributed by atoms with Gasteiger partial charge < -0.3 is 9.90 Å². The zero-order chi connectivity index (χ0) is 11.5. The highest BCUT2D eigenvalue weighted by atomic mass is 35.5. The van der Waals surface area contributed by atoms with Crippen molar-refractivity contribution in [2.24, 2.45) is 0 Å². The first-order chi connectivity index (χ1) is 6.94. The van der Waals surface area contributed by atoms with Gasteiger partial charge in [-0.1, -0.05) is 17.7 Å². The largest absolute Gasteiger partial charge is 0.389 e. The van der Waals surface area contributed by atoms with Gasteiger partial charge in [0.2, 0.25) is 0 Å². The molecule has 0 heterocycles. The Morgan fingerprint density at radius 1 is 1.60 bits per heavy atom. The Hall–Kier alpha value is -0.930. The number of halogens is 2. The van der Waals surface area contributed by atoms with Crippen LogP contribution in [-0.4, -0.2) is 17.0 Å². The number of hydrogen-bond acceptors (Lipinski definition) is 2. The van der Waals surface area contributed by atoms with Gasteiger partial charge in [-0.3, -0.25) is 0 Å². The maximum Gasteiger partial charge on any atom is 0.141 e. The third-order valence-corrected chi connectivity index (χ3v) is 2.38. The fraction of sp³-hybridized carbons (Fsp3) is 0.364. The molecule has 1 aromatic rings. The van der Waals surface area contributed by atoms with Crippen LogP contribution in [0.25, 0.3) is 0 Å². The Balaban J connectivity index is 2.80. The third-order valence-electron chi connectivity index (χ3n) is 2.09. The average molecular weight is 231 g/mol. The van der Waals surface area contributed by atoms with E-state index in [1.54, 1.807) is 13.0 Å². The minimum absolute atomic E-state index is 0.0226. The van der Waals surface area contributed by atoms with E-state index in [0.29, 0.717) is 11.8 Å². The van der Waals surface area contributed by atoms with E-state index >= 15 is 0 Å². The molecule has 0 aromatic heterocycles. The van der Waals surface area contributed by atoms with Crippen LogP contribution in [0.4, 0.5) is 4.39 Å². The lowest BCUT2D eigenvalue weighted by Crippen LogP contribution is -2.27. The Morgan fingerprint density at radius 2 is 2.27 bits per heavy atom. The summed E-state index contributed by atoms with van der Waals surface area (Å²) in [7, 11) is 0. The Kier molecular flexibility index (Phi) is 3.83. The smallest absolute Gasteiger partial charge is 0.141 e. The van der Waals surface area contributed by atoms with Crippen molar-refractivity contribution in [3.8, 4) is 0 Å². The Bertz CT molecular complexity index is 364. The van der Waals surface area contributed by atoms with Gasteiger partial charge in [0.05, 0.1) is 10.6 Å². The van der Waals surface area contributed by atoms with Crippen LogP contribution in [0.5, 0.6) is 0 Å². The lowest BCUT2D eigenvalue weighted by atomic mass is 9.94. The highest BCUT2D eigenvalue weighted by molar-refractivity contribution is 6.30. The van der Waals surface area contributed by atoms with E-state index in [1.807, 2.05) is 0 Å². The predicted octanol–water partition coefficient (Wildman–Crippen LogP) is 2.36. The molecule has 0 radical (unpaired) electrons. The average Bonchev–Trinajstić information content (AvgIpc) is 2.10. The van der Waals surface area contributed by atoms with Gasteiger partial charge in [0.25, 0.3) is 0 Å². The van der Waals surface area contributed by atoms with Crippen molar-refractivity contribution < 1.29 is 14.3 Å². The second kappa shape index (κ2) is 4.73. The molecule has 1 unspecified atom stereocenters. The predicted molar refractivity (Wildman–Crippen MR) is 56.4 cm³/mol. The van der Waals surface area contributed by atoms with Crippen LogP contribution < -0.4 is 0 Å². The number of aldehydes is 1. The highest BCUT2D eigenvalue weighted by Gasteiger charge is 2.20. The van der Waals surface area contributed by atoms with Crippen LogP contribution in [0.1, 0.15) is 18.9 Å². The minimum atomic E-state index is -1.11. The van der Waals surface area contributed by atoms with E-state index in [9.17, 15) is 14.3 Å². The van der Waals surface area contributed by atoms with Crippen molar-refractivity contribution in [1.29, 1.82) is 0 Å². The fourth-order valence-corrected chi connectivity index (χ4v) is 1.54. The number of rotatable bonds is 4. The van der Waals surface area contributed by atoms with Crippen LogP contribution >= 0.6 is 11.6 Å². The van der Waals surface area contributed by atoms with Crippen LogP contribution in [-0.2, 0) is 11.2 Å². The molecule has 4 heteroatoms. The van der Waals surface area contributed by atoms with Crippen molar-refractivity contribution in [2.45, 2.75) is 25.4 Å². The topological polar surface area (TPSA) is 37.3 Å². The minimum Gasteiger partial charge on any atom is -0.389 e. The summed E-state index contributed by atoms with van der Waals surface area (Å²) in [5.41, 5.74) is -0.406. The highest BCUT2D eigenvalue weighted by Crippen LogP contribution is 2.21. The van der Waals surface area contributed by atoms with Crippen LogP contribution in [0.2, 0.25) is 5.02 Å². The number of benzene rings is 1. The molecular formula is C11H12ClFO2. The summed E-state index contributed by atoms with van der Waals surface area (Å²) in [5.74, 6) is -0.490. The molecule has 1 atom stereocenters. The van der Waals surface area contributed by atoms with Gasteiger partial charge in [0, 0.05) is 12.8 Å². The number of carbonyl (C=O) groups excluding carboxylic acids is 1. The Labute approximate surface area is 92.7 Å². The van der Waals surface area contributed by atoms with E-state index in [-0.39, 0.29) is 17.9 Å². The van der Waals surface area contributed by atoms with Crippen molar-refractivity contribution >= 4 is 17.9 Å². The lowest BCUT2D eigenvalue weighted by molar-refractivity contribution is -0.111. The van der Waals surface area contributed by atoms with Crippen molar-refractivity contribution in [2.75, 3.05) is 0 Å². The van der Waals surface area contributed by atoms with Crippen LogP contribution in [0, 0.1) is 5.82 Å². The molecule has 0 aliphatic rings. The molecule has 15 heavy (non-hydrogen) atoms. The summed E-state index contributed by atoms with van der Waals surface area (Å²) in [6.07, 6.45) is 0.971. The molecular weight excluding hydrogens is 219 g/mol. The summed E-state index contributed by atoms with van der Waals surface area (Å²) in [6, 6.07) is 4.24. The van der Waals surface area contributed by atoms with Crippen molar-refractivity contribution in [3.63, 3.8) is 0 Å². The maximum absolute atomic E-state index is 12.8. The first-order valence-electron chi connectivity index (χ1n) is 4.54. The molecule has 0 fully saturated rings. The standard InChI is InChI=1S/C11H12ClFO2/c1-11(15,4-5-14)7-8-2-3-10(13)9(12)6-8/h2-3,5-6,15H,4,7H2,1H3. The molecule has 1 aromatic carbocycles. The zero-order valence-electron chi connectivity index (χ0n) is 8.34. The van der Waals surface area contributed by atoms with Gasteiger partial charge in [-0.2, -0.15) is 0 Å². The maximum atomic E-state index is 12.8. The number of hydrogen-bond donors (Lipinski definition) is 1. The second-order valence-electron chi connectivity index (χ2n) is 3.79. The van der Waals surface area contributed by atoms with Crippen molar-refractivity contribution in [1.82, 2.24) is 0 Å². The van der Waals surface area contributed by atoms with Gasteiger partial charge >= 0.3 is 0 Å². The van der Waals surface area contributed by atoms with Crippen LogP contribution in [0.15, 0.2) is 18.2 Å². The third kappa shape index (κ3) is 3.61. The van der Waals surface area contributed by atoms with E-state index in [0.717, 1.165) is 0 Å². The van der Waals surface area contributed by atoms with E-state index in [1.165, 1.54) is 12.1 Å². The normalized spacial score (nSPS) is 14.7. The van der Waals surface area contributed by atoms with Gasteiger partial charge in [-0.05, 0) is 24.6 Å². The molecule has 82 valence electrons. The van der Waals surface area contributed by atoms with E-state index in [4.69, 9.17) is 11.6 Å². The molecule has 0 saturated heterocycles. The van der Waals surface area contributed by atoms with Gasteiger partial charge in [0.15, 0.2) is 0 Å². The molecule has 0 aliphatic carbocycles. The number of aliphatic hydroxyl groups is 1. The zero-order valence-corrected chi connectivity index (χ0v) is 9.09. The summed E-state index contributed by atoms with van der Waals surface area (Å²) >= 11 is 5.59. The van der Waals surface area contributed by atoms with E-state index in [2.05, 4.69) is 0 Å². The van der Waals surface area contributed by atoms with E-state index < -0.39 is 11.4 Å². The van der Waals surface area contributed by atoms with Gasteiger partial charge in [-0.15, -0.1) is 0 Å². The molecule has 1 rings (SSSR count). The molecule has 0 aliphatic heterocycles. The number of carbonyl (C=O) groups is 1. The summed E-state index contributed by atoms with van der Waals surface area (Å²) in [6.45, 7) is 1.55. The van der Waals surface area contributed by atoms with Gasteiger partial charge in [0.1, 0.15) is 12.1 Å². The second-order valence-corrected chi connectivity index (χ2v) is 4.20. The molecule has 0 amide bonds. The molecule has 0 bridgehead atoms. The summed E-state index contributed by atoms with van der Waals surface area (Å²) in [4.78, 5) is 10.3. The first kappa shape index (κ1) is 12.1. The fourth-order valence-electron chi connectivity index (χ4n) is 1.34. The molecule has 1 N–H and O–H groups in total. The molecule has 2 nitrogen and oxygen atoms in total. The SMILES string of the molecule is CC(O)(CC=O)Cc1ccc(F)c(Cl)c1. The lowest BCUT2D eigenvalue weighted by Gasteiger charge is -2.20. The monoisotopic (exact) mass is 230 g/mol.